The van der Waals surface area contributed by atoms with Crippen molar-refractivity contribution < 1.29 is 14.3 Å². The van der Waals surface area contributed by atoms with Gasteiger partial charge in [0.2, 0.25) is 0 Å². The van der Waals surface area contributed by atoms with E-state index in [0.29, 0.717) is 37.6 Å². The summed E-state index contributed by atoms with van der Waals surface area (Å²) in [6, 6.07) is 4.64. The summed E-state index contributed by atoms with van der Waals surface area (Å²) in [6.07, 6.45) is 0. The standard InChI is InChI=1S/C12H16FN3O2/c13-10-7-9(14)1-2-11(10)16-5-3-15(4-6-16)8-12(17)18/h1-2,7H,3-6,8,14H2,(H,17,18). The topological polar surface area (TPSA) is 69.8 Å². The number of nitrogens with zero attached hydrogens (tertiary/aromatic N) is 2. The van der Waals surface area contributed by atoms with Crippen LogP contribution in [0.5, 0.6) is 0 Å². The first-order valence-corrected chi connectivity index (χ1v) is 5.80. The second kappa shape index (κ2) is 5.22. The quantitative estimate of drug-likeness (QED) is 0.773. The summed E-state index contributed by atoms with van der Waals surface area (Å²) in [5.41, 5.74) is 6.43. The minimum absolute atomic E-state index is 0.0397. The van der Waals surface area contributed by atoms with Crippen molar-refractivity contribution in [1.29, 1.82) is 0 Å². The van der Waals surface area contributed by atoms with Crippen LogP contribution in [0.15, 0.2) is 18.2 Å². The molecule has 0 saturated carbocycles. The summed E-state index contributed by atoms with van der Waals surface area (Å²) in [7, 11) is 0. The second-order valence-electron chi connectivity index (χ2n) is 4.37. The van der Waals surface area contributed by atoms with Gasteiger partial charge >= 0.3 is 5.97 Å². The summed E-state index contributed by atoms with van der Waals surface area (Å²) in [6.45, 7) is 2.52. The minimum Gasteiger partial charge on any atom is -0.480 e. The molecular weight excluding hydrogens is 237 g/mol. The molecule has 1 heterocycles. The molecule has 1 aliphatic heterocycles. The summed E-state index contributed by atoms with van der Waals surface area (Å²) in [4.78, 5) is 14.3. The predicted molar refractivity (Wildman–Crippen MR) is 67.1 cm³/mol. The lowest BCUT2D eigenvalue weighted by atomic mass is 10.2. The zero-order chi connectivity index (χ0) is 13.1. The van der Waals surface area contributed by atoms with Gasteiger partial charge < -0.3 is 15.7 Å². The molecule has 1 aliphatic rings. The molecule has 2 rings (SSSR count). The maximum absolute atomic E-state index is 13.7. The fourth-order valence-electron chi connectivity index (χ4n) is 2.12. The van der Waals surface area contributed by atoms with Crippen molar-refractivity contribution in [3.63, 3.8) is 0 Å². The van der Waals surface area contributed by atoms with Gasteiger partial charge in [0.25, 0.3) is 0 Å². The largest absolute Gasteiger partial charge is 0.480 e. The highest BCUT2D eigenvalue weighted by molar-refractivity contribution is 5.69. The Kier molecular flexibility index (Phi) is 3.66. The van der Waals surface area contributed by atoms with Crippen molar-refractivity contribution in [3.05, 3.63) is 24.0 Å². The van der Waals surface area contributed by atoms with E-state index in [4.69, 9.17) is 10.8 Å². The Morgan fingerprint density at radius 3 is 2.56 bits per heavy atom. The number of carboxylic acid groups (broad SMARTS) is 1. The Morgan fingerprint density at radius 2 is 2.00 bits per heavy atom. The SMILES string of the molecule is Nc1ccc(N2CCN(CC(=O)O)CC2)c(F)c1. The lowest BCUT2D eigenvalue weighted by Gasteiger charge is -2.35. The maximum Gasteiger partial charge on any atom is 0.317 e. The van der Waals surface area contributed by atoms with Crippen LogP contribution in [0.4, 0.5) is 15.8 Å². The number of hydrogen-bond acceptors (Lipinski definition) is 4. The van der Waals surface area contributed by atoms with E-state index in [9.17, 15) is 9.18 Å². The molecule has 5 nitrogen and oxygen atoms in total. The molecule has 1 saturated heterocycles. The van der Waals surface area contributed by atoms with Gasteiger partial charge in [0.15, 0.2) is 0 Å². The molecule has 6 heteroatoms. The Hall–Kier alpha value is -1.82. The van der Waals surface area contributed by atoms with Gasteiger partial charge in [-0.1, -0.05) is 0 Å². The van der Waals surface area contributed by atoms with Crippen LogP contribution in [0.3, 0.4) is 0 Å². The molecule has 1 aromatic carbocycles. The van der Waals surface area contributed by atoms with Crippen molar-refractivity contribution in [1.82, 2.24) is 4.90 Å². The molecule has 0 spiro atoms. The maximum atomic E-state index is 13.7. The number of anilines is 2. The van der Waals surface area contributed by atoms with E-state index in [1.807, 2.05) is 9.80 Å². The van der Waals surface area contributed by atoms with E-state index < -0.39 is 5.97 Å². The number of rotatable bonds is 3. The number of benzene rings is 1. The number of halogens is 1. The Labute approximate surface area is 105 Å². The van der Waals surface area contributed by atoms with E-state index >= 15 is 0 Å². The van der Waals surface area contributed by atoms with Gasteiger partial charge in [0, 0.05) is 31.9 Å². The van der Waals surface area contributed by atoms with Crippen molar-refractivity contribution in [2.75, 3.05) is 43.4 Å². The Balaban J connectivity index is 1.99. The fraction of sp³-hybridized carbons (Fsp3) is 0.417. The number of carbonyl (C=O) groups is 1. The van der Waals surface area contributed by atoms with Crippen molar-refractivity contribution in [2.24, 2.45) is 0 Å². The van der Waals surface area contributed by atoms with Crippen molar-refractivity contribution in [3.8, 4) is 0 Å². The zero-order valence-electron chi connectivity index (χ0n) is 9.97. The van der Waals surface area contributed by atoms with E-state index in [1.54, 1.807) is 12.1 Å². The minimum atomic E-state index is -0.831. The lowest BCUT2D eigenvalue weighted by Crippen LogP contribution is -2.48. The van der Waals surface area contributed by atoms with Crippen LogP contribution in [0, 0.1) is 5.82 Å². The van der Waals surface area contributed by atoms with Crippen LogP contribution in [-0.4, -0.2) is 48.7 Å². The predicted octanol–water partition coefficient (Wildman–Crippen LogP) is 0.614. The van der Waals surface area contributed by atoms with Crippen LogP contribution < -0.4 is 10.6 Å². The van der Waals surface area contributed by atoms with Crippen LogP contribution in [0.1, 0.15) is 0 Å². The van der Waals surface area contributed by atoms with Gasteiger partial charge in [-0.25, -0.2) is 4.39 Å². The smallest absolute Gasteiger partial charge is 0.317 e. The molecule has 0 atom stereocenters. The third-order valence-corrected chi connectivity index (χ3v) is 3.04. The van der Waals surface area contributed by atoms with Gasteiger partial charge in [-0.2, -0.15) is 0 Å². The first-order chi connectivity index (χ1) is 8.56. The number of piperazine rings is 1. The van der Waals surface area contributed by atoms with E-state index in [2.05, 4.69) is 0 Å². The summed E-state index contributed by atoms with van der Waals surface area (Å²) in [5.74, 6) is -1.16. The number of aliphatic carboxylic acids is 1. The van der Waals surface area contributed by atoms with Gasteiger partial charge in [-0.15, -0.1) is 0 Å². The normalized spacial score (nSPS) is 16.8. The first-order valence-electron chi connectivity index (χ1n) is 5.80. The van der Waals surface area contributed by atoms with Crippen LogP contribution >= 0.6 is 0 Å². The second-order valence-corrected chi connectivity index (χ2v) is 4.37. The molecule has 98 valence electrons. The molecule has 0 radical (unpaired) electrons. The molecule has 3 N–H and O–H groups in total. The molecule has 18 heavy (non-hydrogen) atoms. The fourth-order valence-corrected chi connectivity index (χ4v) is 2.12. The first kappa shape index (κ1) is 12.6. The Morgan fingerprint density at radius 1 is 1.33 bits per heavy atom. The van der Waals surface area contributed by atoms with Crippen molar-refractivity contribution in [2.45, 2.75) is 0 Å². The highest BCUT2D eigenvalue weighted by Gasteiger charge is 2.20. The average Bonchev–Trinajstić information content (AvgIpc) is 2.30. The number of nitrogen functional groups attached to an aromatic ring is 1. The summed E-state index contributed by atoms with van der Waals surface area (Å²) >= 11 is 0. The molecule has 0 aliphatic carbocycles. The highest BCUT2D eigenvalue weighted by Crippen LogP contribution is 2.22. The molecule has 0 bridgehead atoms. The van der Waals surface area contributed by atoms with Gasteiger partial charge in [-0.3, -0.25) is 9.69 Å². The van der Waals surface area contributed by atoms with Gasteiger partial charge in [-0.05, 0) is 18.2 Å². The molecule has 0 unspecified atom stereocenters. The number of hydrogen-bond donors (Lipinski definition) is 2. The third kappa shape index (κ3) is 2.89. The lowest BCUT2D eigenvalue weighted by molar-refractivity contribution is -0.138. The summed E-state index contributed by atoms with van der Waals surface area (Å²) in [5, 5.41) is 8.69. The molecular formula is C12H16FN3O2. The van der Waals surface area contributed by atoms with E-state index in [-0.39, 0.29) is 12.4 Å². The monoisotopic (exact) mass is 253 g/mol. The average molecular weight is 253 g/mol. The molecule has 0 amide bonds. The van der Waals surface area contributed by atoms with Gasteiger partial charge in [0.05, 0.1) is 12.2 Å². The van der Waals surface area contributed by atoms with Crippen LogP contribution in [0.2, 0.25) is 0 Å². The van der Waals surface area contributed by atoms with Crippen LogP contribution in [-0.2, 0) is 4.79 Å². The van der Waals surface area contributed by atoms with Gasteiger partial charge in [0.1, 0.15) is 5.82 Å². The van der Waals surface area contributed by atoms with E-state index in [1.165, 1.54) is 6.07 Å². The van der Waals surface area contributed by atoms with E-state index in [0.717, 1.165) is 0 Å². The highest BCUT2D eigenvalue weighted by atomic mass is 19.1. The molecule has 1 aromatic rings. The number of nitrogens with two attached hydrogens (primary N) is 1. The summed E-state index contributed by atoms with van der Waals surface area (Å²) < 4.78 is 13.7. The van der Waals surface area contributed by atoms with Crippen molar-refractivity contribution >= 4 is 17.3 Å². The molecule has 0 aromatic heterocycles. The third-order valence-electron chi connectivity index (χ3n) is 3.04. The number of carboxylic acids is 1. The van der Waals surface area contributed by atoms with Crippen LogP contribution in [0.25, 0.3) is 0 Å². The zero-order valence-corrected chi connectivity index (χ0v) is 9.97. The Bertz CT molecular complexity index is 445. The molecule has 1 fully saturated rings.